The second-order valence-corrected chi connectivity index (χ2v) is 13.5. The number of aromatic nitrogens is 2. The maximum absolute atomic E-state index is 13.2. The number of hydrogen-bond donors (Lipinski definition) is 0. The zero-order valence-electron chi connectivity index (χ0n) is 20.5. The average molecular weight is 528 g/mol. The van der Waals surface area contributed by atoms with Gasteiger partial charge in [0.25, 0.3) is 0 Å². The molecule has 0 aromatic carbocycles. The van der Waals surface area contributed by atoms with E-state index in [0.717, 1.165) is 0 Å². The smallest absolute Gasteiger partial charge is 0.343 e. The Morgan fingerprint density at radius 1 is 1.25 bits per heavy atom. The molecule has 2 aromatic rings. The molecule has 0 fully saturated rings. The summed E-state index contributed by atoms with van der Waals surface area (Å²) in [5.74, 6) is -0.165. The van der Waals surface area contributed by atoms with Gasteiger partial charge in [0.2, 0.25) is 11.3 Å². The Kier molecular flexibility index (Phi) is 8.34. The van der Waals surface area contributed by atoms with Crippen molar-refractivity contribution in [3.05, 3.63) is 32.5 Å². The van der Waals surface area contributed by atoms with Gasteiger partial charge < -0.3 is 18.5 Å². The summed E-state index contributed by atoms with van der Waals surface area (Å²) < 4.78 is 19.5. The minimum atomic E-state index is -0.865. The summed E-state index contributed by atoms with van der Waals surface area (Å²) in [6.07, 6.45) is 1.57. The van der Waals surface area contributed by atoms with Gasteiger partial charge in [-0.05, 0) is 53.7 Å². The number of ether oxygens (including phenoxy) is 2. The van der Waals surface area contributed by atoms with Crippen molar-refractivity contribution in [3.8, 4) is 5.88 Å². The van der Waals surface area contributed by atoms with Crippen LogP contribution in [0.2, 0.25) is 5.04 Å². The summed E-state index contributed by atoms with van der Waals surface area (Å²) >= 11 is 3.41. The molecule has 0 amide bonds. The van der Waals surface area contributed by atoms with E-state index >= 15 is 0 Å². The number of halogens is 1. The Labute approximate surface area is 200 Å². The van der Waals surface area contributed by atoms with Crippen LogP contribution in [-0.2, 0) is 9.16 Å². The third kappa shape index (κ3) is 5.79. The monoisotopic (exact) mass is 526 g/mol. The summed E-state index contributed by atoms with van der Waals surface area (Å²) in [6, 6.07) is 1.45. The van der Waals surface area contributed by atoms with Gasteiger partial charge in [0.15, 0.2) is 9.76 Å². The highest BCUT2D eigenvalue weighted by Crippen LogP contribution is 2.37. The zero-order valence-corrected chi connectivity index (χ0v) is 23.5. The van der Waals surface area contributed by atoms with Gasteiger partial charge >= 0.3 is 5.97 Å². The van der Waals surface area contributed by atoms with Crippen LogP contribution in [0.3, 0.4) is 0 Å². The predicted molar refractivity (Wildman–Crippen MR) is 134 cm³/mol. The Hall–Kier alpha value is -1.71. The van der Waals surface area contributed by atoms with Gasteiger partial charge in [-0.2, -0.15) is 4.98 Å². The number of esters is 1. The Morgan fingerprint density at radius 2 is 1.88 bits per heavy atom. The number of methoxy groups -OCH3 is 1. The molecule has 0 aliphatic carbocycles. The fourth-order valence-corrected chi connectivity index (χ4v) is 5.34. The minimum Gasteiger partial charge on any atom is -0.480 e. The molecular weight excluding hydrogens is 492 g/mol. The third-order valence-electron chi connectivity index (χ3n) is 5.14. The van der Waals surface area contributed by atoms with Crippen molar-refractivity contribution in [1.29, 1.82) is 0 Å². The lowest BCUT2D eigenvalue weighted by atomic mass is 9.88. The molecule has 0 bridgehead atoms. The van der Waals surface area contributed by atoms with E-state index in [1.54, 1.807) is 19.2 Å². The second-order valence-electron chi connectivity index (χ2n) is 9.99. The molecule has 32 heavy (non-hydrogen) atoms. The van der Waals surface area contributed by atoms with Gasteiger partial charge in [0.1, 0.15) is 11.2 Å². The molecule has 0 radical (unpaired) electrons. The highest BCUT2D eigenvalue weighted by Gasteiger charge is 2.37. The highest BCUT2D eigenvalue weighted by molar-refractivity contribution is 9.10. The number of carbonyl (C=O) groups excluding carboxylic acids is 1. The number of fused-ring (bicyclic) bond motifs is 1. The van der Waals surface area contributed by atoms with Crippen LogP contribution in [0.1, 0.15) is 71.8 Å². The van der Waals surface area contributed by atoms with Crippen molar-refractivity contribution >= 4 is 42.7 Å². The number of hydrogen-bond acceptors (Lipinski definition) is 6. The van der Waals surface area contributed by atoms with Crippen LogP contribution in [0.5, 0.6) is 5.88 Å². The number of rotatable bonds is 8. The summed E-state index contributed by atoms with van der Waals surface area (Å²) in [7, 11) is 0.659. The van der Waals surface area contributed by atoms with Gasteiger partial charge in [-0.3, -0.25) is 4.79 Å². The lowest BCUT2D eigenvalue weighted by Gasteiger charge is -2.41. The van der Waals surface area contributed by atoms with E-state index in [-0.39, 0.29) is 29.2 Å². The van der Waals surface area contributed by atoms with Crippen LogP contribution in [0.25, 0.3) is 11.0 Å². The summed E-state index contributed by atoms with van der Waals surface area (Å²) in [5, 5.41) is 0.435. The lowest BCUT2D eigenvalue weighted by molar-refractivity contribution is 0.0284. The molecule has 0 saturated carbocycles. The molecule has 2 rings (SSSR count). The minimum absolute atomic E-state index is 0.0206. The average Bonchev–Trinajstić information content (AvgIpc) is 2.67. The first-order valence-corrected chi connectivity index (χ1v) is 12.9. The second kappa shape index (κ2) is 10.1. The molecule has 0 aliphatic heterocycles. The Morgan fingerprint density at radius 3 is 2.38 bits per heavy atom. The van der Waals surface area contributed by atoms with Crippen LogP contribution in [-0.4, -0.2) is 44.6 Å². The zero-order chi connectivity index (χ0) is 24.4. The van der Waals surface area contributed by atoms with Crippen LogP contribution in [0, 0.1) is 5.92 Å². The topological polar surface area (TPSA) is 79.7 Å². The molecule has 0 aliphatic rings. The van der Waals surface area contributed by atoms with Crippen LogP contribution >= 0.6 is 15.9 Å². The van der Waals surface area contributed by atoms with E-state index in [1.165, 1.54) is 7.11 Å². The fraction of sp³-hybridized carbons (Fsp3) is 0.609. The first kappa shape index (κ1) is 26.5. The van der Waals surface area contributed by atoms with Crippen molar-refractivity contribution in [1.82, 2.24) is 9.55 Å². The molecule has 178 valence electrons. The molecule has 2 aromatic heterocycles. The van der Waals surface area contributed by atoms with E-state index in [0.29, 0.717) is 21.4 Å². The summed E-state index contributed by atoms with van der Waals surface area (Å²) in [4.78, 5) is 30.5. The van der Waals surface area contributed by atoms with Crippen LogP contribution < -0.4 is 10.2 Å². The van der Waals surface area contributed by atoms with Gasteiger partial charge in [-0.25, -0.2) is 4.79 Å². The summed E-state index contributed by atoms with van der Waals surface area (Å²) in [5.41, 5.74) is -0.566. The molecule has 0 N–H and O–H groups in total. The van der Waals surface area contributed by atoms with E-state index in [4.69, 9.17) is 13.9 Å². The largest absolute Gasteiger partial charge is 0.480 e. The molecule has 0 unspecified atom stereocenters. The SMILES string of the molecule is CCOC(=O)c1cn([C@@H](C(C)C)C(C)(C)O[SiH2]C(C)(C)C)c2nc(OC)c(Br)cc2c1=O. The van der Waals surface area contributed by atoms with Crippen molar-refractivity contribution in [2.24, 2.45) is 5.92 Å². The van der Waals surface area contributed by atoms with Crippen LogP contribution in [0.15, 0.2) is 21.5 Å². The molecule has 1 atom stereocenters. The third-order valence-corrected chi connectivity index (χ3v) is 7.46. The van der Waals surface area contributed by atoms with Crippen molar-refractivity contribution < 1.29 is 18.7 Å². The molecule has 7 nitrogen and oxygen atoms in total. The number of carbonyl (C=O) groups is 1. The number of pyridine rings is 2. The molecule has 0 spiro atoms. The van der Waals surface area contributed by atoms with Gasteiger partial charge in [0, 0.05) is 6.20 Å². The van der Waals surface area contributed by atoms with Crippen molar-refractivity contribution in [2.45, 2.75) is 72.1 Å². The number of nitrogens with zero attached hydrogens (tertiary/aromatic N) is 2. The van der Waals surface area contributed by atoms with E-state index in [2.05, 4.69) is 69.4 Å². The van der Waals surface area contributed by atoms with Gasteiger partial charge in [0.05, 0.1) is 35.2 Å². The Balaban J connectivity index is 2.86. The lowest BCUT2D eigenvalue weighted by Crippen LogP contribution is -2.42. The normalized spacial score (nSPS) is 13.8. The first-order valence-electron chi connectivity index (χ1n) is 10.8. The molecule has 0 saturated heterocycles. The Bertz CT molecular complexity index is 1040. The summed E-state index contributed by atoms with van der Waals surface area (Å²) in [6.45, 7) is 16.7. The van der Waals surface area contributed by atoms with E-state index in [9.17, 15) is 9.59 Å². The van der Waals surface area contributed by atoms with E-state index in [1.807, 2.05) is 4.57 Å². The molecule has 2 heterocycles. The molecule has 9 heteroatoms. The molecular formula is C23H35BrN2O5Si. The van der Waals surface area contributed by atoms with Gasteiger partial charge in [-0.1, -0.05) is 34.6 Å². The predicted octanol–water partition coefficient (Wildman–Crippen LogP) is 4.64. The first-order chi connectivity index (χ1) is 14.7. The maximum atomic E-state index is 13.2. The quantitative estimate of drug-likeness (QED) is 0.368. The standard InChI is InChI=1S/C23H35BrN2O5Si/c1-10-30-21(28)15-12-26(18(13(2)3)23(7,8)31-32-22(4,5)6)19-14(17(15)27)11-16(24)20(25-19)29-9/h11-13,18H,10,32H2,1-9H3/t18-/m0/s1. The fourth-order valence-electron chi connectivity index (χ4n) is 3.89. The highest BCUT2D eigenvalue weighted by atomic mass is 79.9. The van der Waals surface area contributed by atoms with Crippen molar-refractivity contribution in [2.75, 3.05) is 13.7 Å². The maximum Gasteiger partial charge on any atom is 0.343 e. The van der Waals surface area contributed by atoms with E-state index < -0.39 is 26.8 Å². The van der Waals surface area contributed by atoms with Crippen molar-refractivity contribution in [3.63, 3.8) is 0 Å². The van der Waals surface area contributed by atoms with Gasteiger partial charge in [-0.15, -0.1) is 0 Å². The van der Waals surface area contributed by atoms with Crippen LogP contribution in [0.4, 0.5) is 0 Å².